The minimum Gasteiger partial charge on any atom is -0.342 e. The largest absolute Gasteiger partial charge is 0.342 e. The van der Waals surface area contributed by atoms with Crippen LogP contribution in [0.2, 0.25) is 0 Å². The second-order valence-corrected chi connectivity index (χ2v) is 10.5. The Hall–Kier alpha value is -0.710. The first-order valence-electron chi connectivity index (χ1n) is 10.7. The summed E-state index contributed by atoms with van der Waals surface area (Å²) in [7, 11) is 0. The molecule has 0 heterocycles. The average molecular weight is 401 g/mol. The second kappa shape index (κ2) is 14.3. The molecule has 0 aliphatic carbocycles. The van der Waals surface area contributed by atoms with Crippen LogP contribution in [0.3, 0.4) is 0 Å². The zero-order valence-corrected chi connectivity index (χ0v) is 19.9. The Morgan fingerprint density at radius 3 is 1.07 bits per heavy atom. The lowest BCUT2D eigenvalue weighted by Gasteiger charge is -2.27. The highest BCUT2D eigenvalue weighted by Crippen LogP contribution is 2.12. The van der Waals surface area contributed by atoms with Crippen molar-refractivity contribution in [2.45, 2.75) is 68.2 Å². The highest BCUT2D eigenvalue weighted by molar-refractivity contribution is 7.99. The van der Waals surface area contributed by atoms with Gasteiger partial charge in [-0.2, -0.15) is 11.8 Å². The van der Waals surface area contributed by atoms with Crippen LogP contribution in [-0.2, 0) is 9.59 Å². The Bertz CT molecular complexity index is 365. The Balaban J connectivity index is 4.26. The third-order valence-corrected chi connectivity index (χ3v) is 4.95. The monoisotopic (exact) mass is 400 g/mol. The minimum absolute atomic E-state index is 0.248. The summed E-state index contributed by atoms with van der Waals surface area (Å²) in [6, 6.07) is 0. The van der Waals surface area contributed by atoms with Crippen LogP contribution in [-0.4, -0.2) is 59.3 Å². The van der Waals surface area contributed by atoms with Crippen molar-refractivity contribution in [1.82, 2.24) is 9.80 Å². The molecule has 0 saturated carbocycles. The maximum absolute atomic E-state index is 12.5. The molecule has 0 spiro atoms. The molecular weight excluding hydrogens is 356 g/mol. The maximum Gasteiger partial charge on any atom is 0.223 e. The number of nitrogens with zero attached hydrogens (tertiary/aromatic N) is 2. The normalized spacial score (nSPS) is 11.7. The van der Waals surface area contributed by atoms with E-state index in [1.165, 1.54) is 0 Å². The van der Waals surface area contributed by atoms with Crippen molar-refractivity contribution < 1.29 is 9.59 Å². The van der Waals surface area contributed by atoms with Gasteiger partial charge < -0.3 is 9.80 Å². The van der Waals surface area contributed by atoms with Crippen LogP contribution < -0.4 is 0 Å². The Morgan fingerprint density at radius 1 is 0.593 bits per heavy atom. The van der Waals surface area contributed by atoms with Gasteiger partial charge in [-0.25, -0.2) is 0 Å². The molecule has 0 aromatic carbocycles. The van der Waals surface area contributed by atoms with E-state index in [9.17, 15) is 9.59 Å². The van der Waals surface area contributed by atoms with Gasteiger partial charge in [0.15, 0.2) is 0 Å². The summed E-state index contributed by atoms with van der Waals surface area (Å²) in [6.07, 6.45) is 1.14. The number of thioether (sulfide) groups is 1. The molecule has 0 fully saturated rings. The molecule has 0 saturated heterocycles. The molecule has 0 N–H and O–H groups in total. The van der Waals surface area contributed by atoms with Gasteiger partial charge in [0.1, 0.15) is 0 Å². The number of carbonyl (C=O) groups is 2. The van der Waals surface area contributed by atoms with E-state index in [4.69, 9.17) is 0 Å². The van der Waals surface area contributed by atoms with Gasteiger partial charge in [0.2, 0.25) is 11.8 Å². The van der Waals surface area contributed by atoms with E-state index in [0.717, 1.165) is 37.7 Å². The smallest absolute Gasteiger partial charge is 0.223 e. The fraction of sp³-hybridized carbons (Fsp3) is 0.909. The molecule has 0 aromatic rings. The summed E-state index contributed by atoms with van der Waals surface area (Å²) in [5.41, 5.74) is 0. The quantitative estimate of drug-likeness (QED) is 0.394. The lowest BCUT2D eigenvalue weighted by molar-refractivity contribution is -0.132. The predicted octanol–water partition coefficient (Wildman–Crippen LogP) is 4.78. The van der Waals surface area contributed by atoms with Gasteiger partial charge in [-0.05, 0) is 23.7 Å². The fourth-order valence-electron chi connectivity index (χ4n) is 3.06. The summed E-state index contributed by atoms with van der Waals surface area (Å²) >= 11 is 1.73. The molecule has 5 heteroatoms. The number of rotatable bonds is 14. The van der Waals surface area contributed by atoms with E-state index in [1.54, 1.807) is 11.8 Å². The third kappa shape index (κ3) is 14.0. The molecule has 0 aromatic heterocycles. The van der Waals surface area contributed by atoms with Gasteiger partial charge >= 0.3 is 0 Å². The van der Waals surface area contributed by atoms with Crippen molar-refractivity contribution in [3.63, 3.8) is 0 Å². The molecule has 4 nitrogen and oxygen atoms in total. The standard InChI is InChI=1S/C22H44N2O2S/c1-17(2)13-23(14-18(3)4)21(25)9-11-27-12-10-22(26)24(15-19(5)6)16-20(7)8/h17-20H,9-16H2,1-8H3. The van der Waals surface area contributed by atoms with Gasteiger partial charge in [0, 0.05) is 50.5 Å². The first kappa shape index (κ1) is 26.3. The van der Waals surface area contributed by atoms with E-state index in [2.05, 4.69) is 55.4 Å². The molecule has 0 bridgehead atoms. The molecule has 0 radical (unpaired) electrons. The van der Waals surface area contributed by atoms with E-state index < -0.39 is 0 Å². The summed E-state index contributed by atoms with van der Waals surface area (Å²) < 4.78 is 0. The van der Waals surface area contributed by atoms with Crippen molar-refractivity contribution in [3.05, 3.63) is 0 Å². The first-order chi connectivity index (χ1) is 12.5. The topological polar surface area (TPSA) is 40.6 Å². The van der Waals surface area contributed by atoms with Crippen molar-refractivity contribution in [3.8, 4) is 0 Å². The third-order valence-electron chi connectivity index (χ3n) is 3.97. The van der Waals surface area contributed by atoms with Gasteiger partial charge in [0.25, 0.3) is 0 Å². The summed E-state index contributed by atoms with van der Waals surface area (Å²) in [5.74, 6) is 4.06. The van der Waals surface area contributed by atoms with Crippen LogP contribution in [0.4, 0.5) is 0 Å². The zero-order chi connectivity index (χ0) is 21.0. The van der Waals surface area contributed by atoms with Crippen molar-refractivity contribution >= 4 is 23.6 Å². The van der Waals surface area contributed by atoms with Crippen molar-refractivity contribution in [2.75, 3.05) is 37.7 Å². The number of amides is 2. The van der Waals surface area contributed by atoms with Crippen LogP contribution in [0.1, 0.15) is 68.2 Å². The minimum atomic E-state index is 0.248. The molecule has 0 unspecified atom stereocenters. The van der Waals surface area contributed by atoms with Crippen molar-refractivity contribution in [1.29, 1.82) is 0 Å². The molecule has 160 valence electrons. The summed E-state index contributed by atoms with van der Waals surface area (Å²) in [4.78, 5) is 29.0. The van der Waals surface area contributed by atoms with Crippen LogP contribution in [0.15, 0.2) is 0 Å². The van der Waals surface area contributed by atoms with Gasteiger partial charge in [-0.15, -0.1) is 0 Å². The molecule has 0 aliphatic heterocycles. The number of carbonyl (C=O) groups excluding carboxylic acids is 2. The predicted molar refractivity (Wildman–Crippen MR) is 119 cm³/mol. The molecule has 0 atom stereocenters. The van der Waals surface area contributed by atoms with Gasteiger partial charge in [-0.1, -0.05) is 55.4 Å². The van der Waals surface area contributed by atoms with E-state index in [1.807, 2.05) is 9.80 Å². The van der Waals surface area contributed by atoms with Gasteiger partial charge in [-0.3, -0.25) is 9.59 Å². The Kier molecular flexibility index (Phi) is 13.9. The maximum atomic E-state index is 12.5. The lowest BCUT2D eigenvalue weighted by atomic mass is 10.1. The Labute approximate surface area is 172 Å². The molecule has 0 aliphatic rings. The van der Waals surface area contributed by atoms with Crippen LogP contribution in [0.5, 0.6) is 0 Å². The number of hydrogen-bond donors (Lipinski definition) is 0. The highest BCUT2D eigenvalue weighted by Gasteiger charge is 2.17. The second-order valence-electron chi connectivity index (χ2n) is 9.29. The summed E-state index contributed by atoms with van der Waals surface area (Å²) in [6.45, 7) is 20.6. The fourth-order valence-corrected chi connectivity index (χ4v) is 3.90. The van der Waals surface area contributed by atoms with Crippen LogP contribution in [0.25, 0.3) is 0 Å². The van der Waals surface area contributed by atoms with Crippen molar-refractivity contribution in [2.24, 2.45) is 23.7 Å². The Morgan fingerprint density at radius 2 is 0.852 bits per heavy atom. The lowest BCUT2D eigenvalue weighted by Crippen LogP contribution is -2.37. The van der Waals surface area contributed by atoms with E-state index in [0.29, 0.717) is 36.5 Å². The molecule has 2 amide bonds. The van der Waals surface area contributed by atoms with Crippen LogP contribution in [0, 0.1) is 23.7 Å². The molecule has 27 heavy (non-hydrogen) atoms. The summed E-state index contributed by atoms with van der Waals surface area (Å²) in [5, 5.41) is 0. The first-order valence-corrected chi connectivity index (χ1v) is 11.8. The SMILES string of the molecule is CC(C)CN(CC(C)C)C(=O)CCSCCC(=O)N(CC(C)C)CC(C)C. The highest BCUT2D eigenvalue weighted by atomic mass is 32.2. The van der Waals surface area contributed by atoms with E-state index >= 15 is 0 Å². The van der Waals surface area contributed by atoms with Crippen LogP contribution >= 0.6 is 11.8 Å². The molecule has 0 rings (SSSR count). The van der Waals surface area contributed by atoms with Gasteiger partial charge in [0.05, 0.1) is 0 Å². The van der Waals surface area contributed by atoms with E-state index in [-0.39, 0.29) is 11.8 Å². The zero-order valence-electron chi connectivity index (χ0n) is 19.1. The average Bonchev–Trinajstić information content (AvgIpc) is 2.51. The number of hydrogen-bond acceptors (Lipinski definition) is 3. The molecular formula is C22H44N2O2S.